The van der Waals surface area contributed by atoms with Gasteiger partial charge in [0.25, 0.3) is 5.91 Å². The number of carbonyl (C=O) groups excluding carboxylic acids is 1. The third kappa shape index (κ3) is 5.91. The molecule has 1 N–H and O–H groups in total. The van der Waals surface area contributed by atoms with Crippen LogP contribution in [0, 0.1) is 0 Å². The third-order valence-electron chi connectivity index (χ3n) is 3.51. The Morgan fingerprint density at radius 1 is 1.17 bits per heavy atom. The number of benzene rings is 1. The van der Waals surface area contributed by atoms with Crippen LogP contribution in [0.25, 0.3) is 0 Å². The molecule has 0 radical (unpaired) electrons. The van der Waals surface area contributed by atoms with Crippen LogP contribution in [-0.2, 0) is 20.8 Å². The number of aromatic nitrogens is 1. The number of methoxy groups -OCH3 is 2. The van der Waals surface area contributed by atoms with Crippen LogP contribution in [0.2, 0.25) is 0 Å². The fourth-order valence-electron chi connectivity index (χ4n) is 2.12. The molecule has 156 valence electrons. The van der Waals surface area contributed by atoms with Gasteiger partial charge >= 0.3 is 6.18 Å². The standard InChI is InChI=1S/C17H16F3N3O5S/c1-27-13-5-3-11(7-14(13)28-2)8-22-23-15(24)10-29(25,26)16-6-4-12(9-21-16)17(18,19)20/h3-9H,10H2,1-2H3,(H,23,24). The van der Waals surface area contributed by atoms with Crippen molar-refractivity contribution >= 4 is 22.0 Å². The zero-order valence-corrected chi connectivity index (χ0v) is 16.0. The number of sulfone groups is 1. The molecule has 0 saturated heterocycles. The SMILES string of the molecule is COc1ccc(C=NNC(=O)CS(=O)(=O)c2ccc(C(F)(F)F)cn2)cc1OC. The fourth-order valence-corrected chi connectivity index (χ4v) is 3.17. The number of hydrazone groups is 1. The van der Waals surface area contributed by atoms with E-state index in [9.17, 15) is 26.4 Å². The largest absolute Gasteiger partial charge is 0.493 e. The normalized spacial score (nSPS) is 12.0. The lowest BCUT2D eigenvalue weighted by molar-refractivity contribution is -0.137. The maximum Gasteiger partial charge on any atom is 0.417 e. The molecular weight excluding hydrogens is 415 g/mol. The van der Waals surface area contributed by atoms with Gasteiger partial charge in [-0.15, -0.1) is 0 Å². The van der Waals surface area contributed by atoms with Gasteiger partial charge in [0, 0.05) is 6.20 Å². The van der Waals surface area contributed by atoms with E-state index < -0.39 is 38.3 Å². The molecule has 0 atom stereocenters. The minimum atomic E-state index is -4.65. The Morgan fingerprint density at radius 3 is 2.41 bits per heavy atom. The molecule has 0 spiro atoms. The molecule has 2 aromatic rings. The minimum absolute atomic E-state index is 0.389. The molecule has 1 heterocycles. The highest BCUT2D eigenvalue weighted by molar-refractivity contribution is 7.92. The number of hydrogen-bond acceptors (Lipinski definition) is 7. The van der Waals surface area contributed by atoms with Gasteiger partial charge in [-0.2, -0.15) is 18.3 Å². The lowest BCUT2D eigenvalue weighted by Gasteiger charge is -2.08. The number of rotatable bonds is 7. The van der Waals surface area contributed by atoms with Crippen molar-refractivity contribution < 1.29 is 35.9 Å². The Balaban J connectivity index is 2.02. The molecule has 29 heavy (non-hydrogen) atoms. The van der Waals surface area contributed by atoms with E-state index in [1.807, 2.05) is 5.43 Å². The van der Waals surface area contributed by atoms with Crippen molar-refractivity contribution in [3.63, 3.8) is 0 Å². The average Bonchev–Trinajstić information content (AvgIpc) is 2.66. The Labute approximate surface area is 164 Å². The molecule has 0 aliphatic heterocycles. The number of amides is 1. The lowest BCUT2D eigenvalue weighted by atomic mass is 10.2. The number of alkyl halides is 3. The van der Waals surface area contributed by atoms with Crippen molar-refractivity contribution in [2.24, 2.45) is 5.10 Å². The number of carbonyl (C=O) groups is 1. The zero-order chi connectivity index (χ0) is 21.7. The quantitative estimate of drug-likeness (QED) is 0.531. The van der Waals surface area contributed by atoms with Crippen molar-refractivity contribution in [3.05, 3.63) is 47.7 Å². The van der Waals surface area contributed by atoms with Crippen LogP contribution in [0.15, 0.2) is 46.7 Å². The van der Waals surface area contributed by atoms with Gasteiger partial charge in [0.05, 0.1) is 26.0 Å². The topological polar surface area (TPSA) is 107 Å². The van der Waals surface area contributed by atoms with Gasteiger partial charge in [0.2, 0.25) is 9.84 Å². The minimum Gasteiger partial charge on any atom is -0.493 e. The number of nitrogens with zero attached hydrogens (tertiary/aromatic N) is 2. The van der Waals surface area contributed by atoms with Crippen molar-refractivity contribution in [1.29, 1.82) is 0 Å². The molecule has 0 aliphatic rings. The highest BCUT2D eigenvalue weighted by atomic mass is 32.2. The predicted molar refractivity (Wildman–Crippen MR) is 96.6 cm³/mol. The number of nitrogens with one attached hydrogen (secondary N) is 1. The van der Waals surface area contributed by atoms with Gasteiger partial charge in [-0.25, -0.2) is 18.8 Å². The summed E-state index contributed by atoms with van der Waals surface area (Å²) in [5, 5.41) is 2.99. The molecule has 1 aromatic carbocycles. The van der Waals surface area contributed by atoms with Crippen molar-refractivity contribution in [3.8, 4) is 11.5 Å². The fraction of sp³-hybridized carbons (Fsp3) is 0.235. The first kappa shape index (κ1) is 22.1. The molecular formula is C17H16F3N3O5S. The van der Waals surface area contributed by atoms with Crippen molar-refractivity contribution in [1.82, 2.24) is 10.4 Å². The Kier molecular flexibility index (Phi) is 6.80. The monoisotopic (exact) mass is 431 g/mol. The van der Waals surface area contributed by atoms with E-state index >= 15 is 0 Å². The van der Waals surface area contributed by atoms with Gasteiger partial charge < -0.3 is 9.47 Å². The van der Waals surface area contributed by atoms with Crippen molar-refractivity contribution in [2.75, 3.05) is 20.0 Å². The molecule has 2 rings (SSSR count). The van der Waals surface area contributed by atoms with E-state index in [1.165, 1.54) is 20.4 Å². The summed E-state index contributed by atoms with van der Waals surface area (Å²) in [6.45, 7) is 0. The summed E-state index contributed by atoms with van der Waals surface area (Å²) in [6, 6.07) is 6.09. The van der Waals surface area contributed by atoms with Crippen LogP contribution < -0.4 is 14.9 Å². The van der Waals surface area contributed by atoms with Gasteiger partial charge in [0.15, 0.2) is 16.5 Å². The molecule has 12 heteroatoms. The summed E-state index contributed by atoms with van der Waals surface area (Å²) in [5.74, 6) is -1.10. The van der Waals surface area contributed by atoms with Crippen LogP contribution in [-0.4, -0.2) is 45.5 Å². The molecule has 0 aliphatic carbocycles. The maximum atomic E-state index is 12.5. The van der Waals surface area contributed by atoms with Gasteiger partial charge in [0.1, 0.15) is 5.75 Å². The second kappa shape index (κ2) is 8.90. The first-order valence-electron chi connectivity index (χ1n) is 7.87. The average molecular weight is 431 g/mol. The molecule has 1 amide bonds. The number of hydrogen-bond donors (Lipinski definition) is 1. The highest BCUT2D eigenvalue weighted by Crippen LogP contribution is 2.29. The van der Waals surface area contributed by atoms with E-state index in [0.29, 0.717) is 35.4 Å². The first-order chi connectivity index (χ1) is 13.6. The van der Waals surface area contributed by atoms with Crippen LogP contribution in [0.1, 0.15) is 11.1 Å². The van der Waals surface area contributed by atoms with E-state index in [4.69, 9.17) is 9.47 Å². The van der Waals surface area contributed by atoms with Gasteiger partial charge in [-0.05, 0) is 35.9 Å². The Hall–Kier alpha value is -3.15. The number of ether oxygens (including phenoxy) is 2. The van der Waals surface area contributed by atoms with Crippen molar-refractivity contribution in [2.45, 2.75) is 11.2 Å². The van der Waals surface area contributed by atoms with E-state index in [-0.39, 0.29) is 0 Å². The van der Waals surface area contributed by atoms with E-state index in [1.54, 1.807) is 18.2 Å². The Bertz CT molecular complexity index is 1010. The zero-order valence-electron chi connectivity index (χ0n) is 15.2. The maximum absolute atomic E-state index is 12.5. The van der Waals surface area contributed by atoms with Crippen LogP contribution in [0.5, 0.6) is 11.5 Å². The summed E-state index contributed by atoms with van der Waals surface area (Å²) in [6.07, 6.45) is -3.01. The summed E-state index contributed by atoms with van der Waals surface area (Å²) < 4.78 is 71.9. The van der Waals surface area contributed by atoms with Crippen LogP contribution in [0.3, 0.4) is 0 Å². The molecule has 1 aromatic heterocycles. The Morgan fingerprint density at radius 2 is 1.86 bits per heavy atom. The van der Waals surface area contributed by atoms with Gasteiger partial charge in [-0.3, -0.25) is 4.79 Å². The summed E-state index contributed by atoms with van der Waals surface area (Å²) in [4.78, 5) is 15.1. The molecule has 0 saturated carbocycles. The molecule has 0 fully saturated rings. The predicted octanol–water partition coefficient (Wildman–Crippen LogP) is 2.04. The van der Waals surface area contributed by atoms with Crippen LogP contribution in [0.4, 0.5) is 13.2 Å². The molecule has 8 nitrogen and oxygen atoms in total. The second-order valence-electron chi connectivity index (χ2n) is 5.55. The van der Waals surface area contributed by atoms with E-state index in [2.05, 4.69) is 10.1 Å². The third-order valence-corrected chi connectivity index (χ3v) is 5.03. The van der Waals surface area contributed by atoms with Gasteiger partial charge in [-0.1, -0.05) is 0 Å². The molecule has 0 unspecified atom stereocenters. The lowest BCUT2D eigenvalue weighted by Crippen LogP contribution is -2.27. The highest BCUT2D eigenvalue weighted by Gasteiger charge is 2.31. The number of pyridine rings is 1. The summed E-state index contributed by atoms with van der Waals surface area (Å²) in [7, 11) is -1.32. The first-order valence-corrected chi connectivity index (χ1v) is 9.52. The summed E-state index contributed by atoms with van der Waals surface area (Å²) in [5.41, 5.74) is 1.47. The second-order valence-corrected chi connectivity index (χ2v) is 7.49. The van der Waals surface area contributed by atoms with E-state index in [0.717, 1.165) is 0 Å². The smallest absolute Gasteiger partial charge is 0.417 e. The van der Waals surface area contributed by atoms with Crippen LogP contribution >= 0.6 is 0 Å². The number of halogens is 3. The summed E-state index contributed by atoms with van der Waals surface area (Å²) >= 11 is 0. The molecule has 0 bridgehead atoms.